The number of hydrogen-bond donors (Lipinski definition) is 0. The number of hydrogen-bond acceptors (Lipinski definition) is 1. The molecule has 1 atom stereocenters. The molecule has 1 rings (SSSR count). The first-order valence-corrected chi connectivity index (χ1v) is 4.16. The van der Waals surface area contributed by atoms with Crippen LogP contribution in [0.15, 0.2) is 12.2 Å². The van der Waals surface area contributed by atoms with Gasteiger partial charge in [0.2, 0.25) is 0 Å². The largest absolute Gasteiger partial charge is 0.300 e. The van der Waals surface area contributed by atoms with E-state index in [1.54, 1.807) is 0 Å². The Morgan fingerprint density at radius 3 is 2.20 bits per heavy atom. The van der Waals surface area contributed by atoms with Crippen molar-refractivity contribution in [3.63, 3.8) is 0 Å². The fraction of sp³-hybridized carbons (Fsp3) is 0.778. The van der Waals surface area contributed by atoms with Gasteiger partial charge in [-0.2, -0.15) is 0 Å². The predicted octanol–water partition coefficient (Wildman–Crippen LogP) is 2.29. The second-order valence-corrected chi connectivity index (χ2v) is 2.50. The number of nitrogens with zero attached hydrogens (tertiary/aromatic N) is 1. The molecule has 0 aliphatic carbocycles. The zero-order chi connectivity index (χ0) is 7.98. The van der Waals surface area contributed by atoms with Crippen LogP contribution in [0.1, 0.15) is 27.2 Å². The molecule has 0 saturated heterocycles. The van der Waals surface area contributed by atoms with Crippen LogP contribution >= 0.6 is 0 Å². The summed E-state index contributed by atoms with van der Waals surface area (Å²) < 4.78 is 0. The van der Waals surface area contributed by atoms with Crippen molar-refractivity contribution in [1.29, 1.82) is 0 Å². The van der Waals surface area contributed by atoms with Gasteiger partial charge in [-0.1, -0.05) is 26.0 Å². The maximum Gasteiger partial charge on any atom is 0.0163 e. The molecular formula is C9H19N. The van der Waals surface area contributed by atoms with Gasteiger partial charge < -0.3 is 0 Å². The van der Waals surface area contributed by atoms with Crippen LogP contribution in [-0.2, 0) is 0 Å². The van der Waals surface area contributed by atoms with E-state index in [9.17, 15) is 0 Å². The van der Waals surface area contributed by atoms with Gasteiger partial charge in [-0.3, -0.25) is 4.90 Å². The number of rotatable bonds is 0. The summed E-state index contributed by atoms with van der Waals surface area (Å²) in [6, 6.07) is 0.750. The summed E-state index contributed by atoms with van der Waals surface area (Å²) in [7, 11) is 2.16. The highest BCUT2D eigenvalue weighted by atomic mass is 15.1. The highest BCUT2D eigenvalue weighted by Crippen LogP contribution is 2.06. The first-order chi connectivity index (χ1) is 4.80. The summed E-state index contributed by atoms with van der Waals surface area (Å²) in [4.78, 5) is 2.35. The van der Waals surface area contributed by atoms with E-state index in [0.29, 0.717) is 0 Å². The molecule has 0 aromatic heterocycles. The van der Waals surface area contributed by atoms with Gasteiger partial charge in [0.1, 0.15) is 0 Å². The zero-order valence-electron chi connectivity index (χ0n) is 7.59. The Balaban J connectivity index is 0.000000371. The standard InChI is InChI=1S/C7H13N.C2H6/c1-7-5-3-4-6-8(7)2;1-2/h3-4,7H,5-6H2,1-2H3;1-2H3/t7-;/m0./s1. The molecule has 60 valence electrons. The van der Waals surface area contributed by atoms with Crippen LogP contribution < -0.4 is 0 Å². The molecule has 0 spiro atoms. The third-order valence-electron chi connectivity index (χ3n) is 1.79. The molecule has 0 fully saturated rings. The van der Waals surface area contributed by atoms with Crippen molar-refractivity contribution in [3.05, 3.63) is 12.2 Å². The van der Waals surface area contributed by atoms with E-state index >= 15 is 0 Å². The smallest absolute Gasteiger partial charge is 0.0163 e. The zero-order valence-corrected chi connectivity index (χ0v) is 7.59. The van der Waals surface area contributed by atoms with Crippen LogP contribution in [-0.4, -0.2) is 24.5 Å². The first-order valence-electron chi connectivity index (χ1n) is 4.16. The maximum atomic E-state index is 2.35. The van der Waals surface area contributed by atoms with E-state index in [4.69, 9.17) is 0 Å². The normalized spacial score (nSPS) is 25.4. The molecule has 0 aromatic rings. The second kappa shape index (κ2) is 5.48. The van der Waals surface area contributed by atoms with Crippen LogP contribution in [0, 0.1) is 0 Å². The third kappa shape index (κ3) is 3.02. The highest BCUT2D eigenvalue weighted by Gasteiger charge is 2.07. The SMILES string of the molecule is CC.C[C@H]1CC=CCN1C. The van der Waals surface area contributed by atoms with E-state index in [2.05, 4.69) is 31.0 Å². The van der Waals surface area contributed by atoms with Gasteiger partial charge in [0, 0.05) is 12.6 Å². The van der Waals surface area contributed by atoms with E-state index in [0.717, 1.165) is 12.6 Å². The van der Waals surface area contributed by atoms with Gasteiger partial charge in [-0.05, 0) is 20.4 Å². The summed E-state index contributed by atoms with van der Waals surface area (Å²) >= 11 is 0. The van der Waals surface area contributed by atoms with Crippen molar-refractivity contribution in [2.24, 2.45) is 0 Å². The topological polar surface area (TPSA) is 3.24 Å². The predicted molar refractivity (Wildman–Crippen MR) is 47.2 cm³/mol. The molecular weight excluding hydrogens is 122 g/mol. The van der Waals surface area contributed by atoms with Crippen molar-refractivity contribution in [3.8, 4) is 0 Å². The minimum Gasteiger partial charge on any atom is -0.300 e. The molecule has 0 radical (unpaired) electrons. The number of likely N-dealkylation sites (N-methyl/N-ethyl adjacent to an activating group) is 1. The molecule has 10 heavy (non-hydrogen) atoms. The Morgan fingerprint density at radius 2 is 1.90 bits per heavy atom. The third-order valence-corrected chi connectivity index (χ3v) is 1.79. The Kier molecular flexibility index (Phi) is 5.32. The molecule has 0 amide bonds. The van der Waals surface area contributed by atoms with Crippen molar-refractivity contribution >= 4 is 0 Å². The molecule has 0 saturated carbocycles. The highest BCUT2D eigenvalue weighted by molar-refractivity contribution is 4.93. The van der Waals surface area contributed by atoms with Gasteiger partial charge in [0.25, 0.3) is 0 Å². The molecule has 1 nitrogen and oxygen atoms in total. The Hall–Kier alpha value is -0.300. The van der Waals surface area contributed by atoms with Crippen LogP contribution in [0.4, 0.5) is 0 Å². The van der Waals surface area contributed by atoms with E-state index in [-0.39, 0.29) is 0 Å². The molecule has 1 aliphatic rings. The second-order valence-electron chi connectivity index (χ2n) is 2.50. The van der Waals surface area contributed by atoms with Crippen LogP contribution in [0.2, 0.25) is 0 Å². The van der Waals surface area contributed by atoms with Gasteiger partial charge in [0.15, 0.2) is 0 Å². The van der Waals surface area contributed by atoms with E-state index in [1.165, 1.54) is 6.42 Å². The minimum atomic E-state index is 0.750. The van der Waals surface area contributed by atoms with Crippen LogP contribution in [0.25, 0.3) is 0 Å². The molecule has 1 aliphatic heterocycles. The quantitative estimate of drug-likeness (QED) is 0.468. The van der Waals surface area contributed by atoms with Gasteiger partial charge >= 0.3 is 0 Å². The van der Waals surface area contributed by atoms with Crippen molar-refractivity contribution in [2.45, 2.75) is 33.2 Å². The molecule has 0 aromatic carbocycles. The van der Waals surface area contributed by atoms with Gasteiger partial charge in [-0.15, -0.1) is 0 Å². The van der Waals surface area contributed by atoms with Crippen molar-refractivity contribution < 1.29 is 0 Å². The average Bonchev–Trinajstić information content (AvgIpc) is 2.00. The Labute approximate surface area is 64.7 Å². The van der Waals surface area contributed by atoms with Gasteiger partial charge in [-0.25, -0.2) is 0 Å². The summed E-state index contributed by atoms with van der Waals surface area (Å²) in [5.41, 5.74) is 0. The monoisotopic (exact) mass is 141 g/mol. The summed E-state index contributed by atoms with van der Waals surface area (Å²) in [5.74, 6) is 0. The van der Waals surface area contributed by atoms with E-state index in [1.807, 2.05) is 13.8 Å². The van der Waals surface area contributed by atoms with Crippen LogP contribution in [0.5, 0.6) is 0 Å². The fourth-order valence-electron chi connectivity index (χ4n) is 0.894. The maximum absolute atomic E-state index is 2.35. The lowest BCUT2D eigenvalue weighted by molar-refractivity contribution is 0.275. The first kappa shape index (κ1) is 9.70. The minimum absolute atomic E-state index is 0.750. The lowest BCUT2D eigenvalue weighted by atomic mass is 10.1. The van der Waals surface area contributed by atoms with Crippen molar-refractivity contribution in [1.82, 2.24) is 4.90 Å². The molecule has 1 heteroatoms. The molecule has 0 N–H and O–H groups in total. The van der Waals surface area contributed by atoms with Crippen LogP contribution in [0.3, 0.4) is 0 Å². The van der Waals surface area contributed by atoms with Gasteiger partial charge in [0.05, 0.1) is 0 Å². The van der Waals surface area contributed by atoms with Crippen molar-refractivity contribution in [2.75, 3.05) is 13.6 Å². The Morgan fingerprint density at radius 1 is 1.30 bits per heavy atom. The molecule has 0 unspecified atom stereocenters. The fourth-order valence-corrected chi connectivity index (χ4v) is 0.894. The lowest BCUT2D eigenvalue weighted by Crippen LogP contribution is -2.30. The lowest BCUT2D eigenvalue weighted by Gasteiger charge is -2.25. The summed E-state index contributed by atoms with van der Waals surface area (Å²) in [6.45, 7) is 7.38. The molecule has 1 heterocycles. The van der Waals surface area contributed by atoms with E-state index < -0.39 is 0 Å². The molecule has 0 bridgehead atoms. The average molecular weight is 141 g/mol. The Bertz CT molecular complexity index is 84.9. The summed E-state index contributed by atoms with van der Waals surface area (Å²) in [5, 5.41) is 0. The summed E-state index contributed by atoms with van der Waals surface area (Å²) in [6.07, 6.45) is 5.70.